The van der Waals surface area contributed by atoms with E-state index >= 15 is 0 Å². The SMILES string of the molecule is CCc1ccc(-c2nn(Cc3ccccc3)cc2C(=O)N2CCN([C@H]3CCS(=O)(=O)C3)CC2)cc1. The highest BCUT2D eigenvalue weighted by molar-refractivity contribution is 7.91. The van der Waals surface area contributed by atoms with Crippen molar-refractivity contribution in [3.8, 4) is 11.3 Å². The van der Waals surface area contributed by atoms with Gasteiger partial charge in [0.15, 0.2) is 9.84 Å². The second-order valence-electron chi connectivity index (χ2n) is 9.51. The lowest BCUT2D eigenvalue weighted by Gasteiger charge is -2.37. The quantitative estimate of drug-likeness (QED) is 0.529. The van der Waals surface area contributed by atoms with E-state index in [1.807, 2.05) is 46.1 Å². The lowest BCUT2D eigenvalue weighted by atomic mass is 10.0. The van der Waals surface area contributed by atoms with Crippen LogP contribution in [-0.2, 0) is 22.8 Å². The summed E-state index contributed by atoms with van der Waals surface area (Å²) in [5.41, 5.74) is 4.63. The molecule has 0 bridgehead atoms. The van der Waals surface area contributed by atoms with Crippen molar-refractivity contribution in [3.05, 3.63) is 77.5 Å². The minimum absolute atomic E-state index is 0.0161. The largest absolute Gasteiger partial charge is 0.336 e. The third-order valence-electron chi connectivity index (χ3n) is 7.14. The van der Waals surface area contributed by atoms with Gasteiger partial charge in [-0.2, -0.15) is 5.10 Å². The van der Waals surface area contributed by atoms with Crippen LogP contribution in [0.3, 0.4) is 0 Å². The zero-order valence-electron chi connectivity index (χ0n) is 20.1. The van der Waals surface area contributed by atoms with Gasteiger partial charge in [0.25, 0.3) is 5.91 Å². The van der Waals surface area contributed by atoms with Crippen molar-refractivity contribution in [3.63, 3.8) is 0 Å². The van der Waals surface area contributed by atoms with Gasteiger partial charge in [0.05, 0.1) is 23.6 Å². The molecule has 1 aromatic heterocycles. The van der Waals surface area contributed by atoms with E-state index in [1.54, 1.807) is 0 Å². The summed E-state index contributed by atoms with van der Waals surface area (Å²) in [6, 6.07) is 18.5. The molecule has 0 unspecified atom stereocenters. The molecule has 1 atom stereocenters. The van der Waals surface area contributed by atoms with Gasteiger partial charge in [0, 0.05) is 44.0 Å². The number of carbonyl (C=O) groups excluding carboxylic acids is 1. The molecule has 2 aliphatic heterocycles. The van der Waals surface area contributed by atoms with E-state index in [9.17, 15) is 13.2 Å². The van der Waals surface area contributed by atoms with Gasteiger partial charge < -0.3 is 4.90 Å². The number of amides is 1. The van der Waals surface area contributed by atoms with Crippen LogP contribution in [-0.4, -0.2) is 77.6 Å². The van der Waals surface area contributed by atoms with Crippen LogP contribution in [0.1, 0.15) is 34.8 Å². The van der Waals surface area contributed by atoms with E-state index in [-0.39, 0.29) is 23.5 Å². The predicted molar refractivity (Wildman–Crippen MR) is 137 cm³/mol. The summed E-state index contributed by atoms with van der Waals surface area (Å²) >= 11 is 0. The zero-order valence-corrected chi connectivity index (χ0v) is 21.0. The molecule has 2 aromatic carbocycles. The Balaban J connectivity index is 1.36. The van der Waals surface area contributed by atoms with Crippen molar-refractivity contribution < 1.29 is 13.2 Å². The molecular formula is C27H32N4O3S. The number of hydrogen-bond donors (Lipinski definition) is 0. The third-order valence-corrected chi connectivity index (χ3v) is 8.89. The predicted octanol–water partition coefficient (Wildman–Crippen LogP) is 3.11. The molecule has 2 aliphatic rings. The normalized spacial score (nSPS) is 20.3. The maximum Gasteiger partial charge on any atom is 0.257 e. The Labute approximate surface area is 207 Å². The molecule has 0 saturated carbocycles. The lowest BCUT2D eigenvalue weighted by Crippen LogP contribution is -2.52. The fraction of sp³-hybridized carbons (Fsp3) is 0.407. The Bertz CT molecular complexity index is 1280. The first kappa shape index (κ1) is 23.8. The first-order valence-electron chi connectivity index (χ1n) is 12.4. The van der Waals surface area contributed by atoms with E-state index in [1.165, 1.54) is 5.56 Å². The highest BCUT2D eigenvalue weighted by Crippen LogP contribution is 2.26. The molecule has 0 aliphatic carbocycles. The second-order valence-corrected chi connectivity index (χ2v) is 11.7. The van der Waals surface area contributed by atoms with Gasteiger partial charge in [-0.3, -0.25) is 14.4 Å². The van der Waals surface area contributed by atoms with Gasteiger partial charge in [-0.1, -0.05) is 61.5 Å². The molecule has 2 saturated heterocycles. The summed E-state index contributed by atoms with van der Waals surface area (Å²) in [4.78, 5) is 17.8. The van der Waals surface area contributed by atoms with E-state index in [0.29, 0.717) is 50.4 Å². The average molecular weight is 493 g/mol. The topological polar surface area (TPSA) is 75.5 Å². The van der Waals surface area contributed by atoms with Crippen LogP contribution in [0.25, 0.3) is 11.3 Å². The van der Waals surface area contributed by atoms with Crippen LogP contribution >= 0.6 is 0 Å². The van der Waals surface area contributed by atoms with Gasteiger partial charge in [0.1, 0.15) is 5.69 Å². The highest BCUT2D eigenvalue weighted by atomic mass is 32.2. The van der Waals surface area contributed by atoms with Crippen LogP contribution in [0.5, 0.6) is 0 Å². The number of carbonyl (C=O) groups is 1. The molecule has 8 heteroatoms. The number of rotatable bonds is 6. The monoisotopic (exact) mass is 492 g/mol. The summed E-state index contributed by atoms with van der Waals surface area (Å²) in [6.07, 6.45) is 3.52. The summed E-state index contributed by atoms with van der Waals surface area (Å²) in [7, 11) is -2.92. The molecule has 3 aromatic rings. The first-order chi connectivity index (χ1) is 16.9. The minimum atomic E-state index is -2.92. The number of aryl methyl sites for hydroxylation is 1. The fourth-order valence-electron chi connectivity index (χ4n) is 5.06. The van der Waals surface area contributed by atoms with Gasteiger partial charge >= 0.3 is 0 Å². The maximum atomic E-state index is 13.7. The molecule has 35 heavy (non-hydrogen) atoms. The average Bonchev–Trinajstić information content (AvgIpc) is 3.47. The first-order valence-corrected chi connectivity index (χ1v) is 14.2. The number of benzene rings is 2. The summed E-state index contributed by atoms with van der Waals surface area (Å²) in [6.45, 7) is 5.30. The molecule has 7 nitrogen and oxygen atoms in total. The highest BCUT2D eigenvalue weighted by Gasteiger charge is 2.35. The van der Waals surface area contributed by atoms with Gasteiger partial charge in [-0.05, 0) is 24.0 Å². The third kappa shape index (κ3) is 5.33. The molecular weight excluding hydrogens is 460 g/mol. The van der Waals surface area contributed by atoms with Crippen molar-refractivity contribution in [1.29, 1.82) is 0 Å². The number of sulfone groups is 1. The Kier molecular flexibility index (Phi) is 6.75. The minimum Gasteiger partial charge on any atom is -0.336 e. The molecule has 1 amide bonds. The number of hydrogen-bond acceptors (Lipinski definition) is 5. The summed E-state index contributed by atoms with van der Waals surface area (Å²) in [5.74, 6) is 0.500. The molecule has 0 N–H and O–H groups in total. The van der Waals surface area contributed by atoms with Crippen molar-refractivity contribution >= 4 is 15.7 Å². The Morgan fingerprint density at radius 2 is 1.69 bits per heavy atom. The number of nitrogens with zero attached hydrogens (tertiary/aromatic N) is 4. The fourth-order valence-corrected chi connectivity index (χ4v) is 6.83. The van der Waals surface area contributed by atoms with Crippen molar-refractivity contribution in [1.82, 2.24) is 19.6 Å². The molecule has 0 radical (unpaired) electrons. The Morgan fingerprint density at radius 3 is 2.31 bits per heavy atom. The zero-order chi connectivity index (χ0) is 24.4. The Hall–Kier alpha value is -2.97. The van der Waals surface area contributed by atoms with Crippen LogP contribution < -0.4 is 0 Å². The van der Waals surface area contributed by atoms with Crippen LogP contribution in [0.4, 0.5) is 0 Å². The van der Waals surface area contributed by atoms with Crippen LogP contribution in [0.15, 0.2) is 60.8 Å². The standard InChI is InChI=1S/C27H32N4O3S/c1-2-21-8-10-23(11-9-21)26-25(19-31(28-26)18-22-6-4-3-5-7-22)27(32)30-15-13-29(14-16-30)24-12-17-35(33,34)20-24/h3-11,19,24H,2,12-18,20H2,1H3/t24-/m0/s1. The van der Waals surface area contributed by atoms with E-state index in [2.05, 4.69) is 36.1 Å². The second kappa shape index (κ2) is 9.95. The number of piperazine rings is 1. The van der Waals surface area contributed by atoms with Crippen LogP contribution in [0, 0.1) is 0 Å². The van der Waals surface area contributed by atoms with E-state index < -0.39 is 9.84 Å². The summed E-state index contributed by atoms with van der Waals surface area (Å²) in [5, 5.41) is 4.83. The van der Waals surface area contributed by atoms with Crippen molar-refractivity contribution in [2.45, 2.75) is 32.4 Å². The maximum absolute atomic E-state index is 13.7. The molecule has 5 rings (SSSR count). The van der Waals surface area contributed by atoms with E-state index in [0.717, 1.165) is 17.5 Å². The van der Waals surface area contributed by atoms with Crippen molar-refractivity contribution in [2.24, 2.45) is 0 Å². The molecule has 3 heterocycles. The molecule has 184 valence electrons. The lowest BCUT2D eigenvalue weighted by molar-refractivity contribution is 0.0588. The smallest absolute Gasteiger partial charge is 0.257 e. The Morgan fingerprint density at radius 1 is 0.971 bits per heavy atom. The van der Waals surface area contributed by atoms with Gasteiger partial charge in [-0.25, -0.2) is 8.42 Å². The summed E-state index contributed by atoms with van der Waals surface area (Å²) < 4.78 is 25.6. The van der Waals surface area contributed by atoms with Gasteiger partial charge in [-0.15, -0.1) is 0 Å². The van der Waals surface area contributed by atoms with Crippen LogP contribution in [0.2, 0.25) is 0 Å². The number of aromatic nitrogens is 2. The molecule has 0 spiro atoms. The van der Waals surface area contributed by atoms with Crippen molar-refractivity contribution in [2.75, 3.05) is 37.7 Å². The van der Waals surface area contributed by atoms with Gasteiger partial charge in [0.2, 0.25) is 0 Å². The molecule has 2 fully saturated rings. The van der Waals surface area contributed by atoms with E-state index in [4.69, 9.17) is 5.10 Å².